The topological polar surface area (TPSA) is 26.0 Å². The van der Waals surface area contributed by atoms with Crippen LogP contribution in [0.2, 0.25) is 0 Å². The van der Waals surface area contributed by atoms with Gasteiger partial charge in [-0.2, -0.15) is 0 Å². The van der Waals surface area contributed by atoms with Crippen LogP contribution in [-0.2, 0) is 5.41 Å². The van der Waals surface area contributed by atoms with Gasteiger partial charge >= 0.3 is 0 Å². The van der Waals surface area contributed by atoms with Crippen LogP contribution in [-0.4, -0.2) is 6.04 Å². The molecule has 0 aliphatic carbocycles. The van der Waals surface area contributed by atoms with Crippen LogP contribution in [0.25, 0.3) is 0 Å². The van der Waals surface area contributed by atoms with Crippen LogP contribution in [0.4, 0.5) is 8.78 Å². The average molecular weight is 292 g/mol. The molecule has 16 heavy (non-hydrogen) atoms. The SMILES string of the molecule is CC(N)CC(C)(C)c1c(F)ccc(Br)c1F. The maximum Gasteiger partial charge on any atom is 0.144 e. The molecule has 0 fully saturated rings. The number of rotatable bonds is 3. The average Bonchev–Trinajstić information content (AvgIpc) is 2.09. The van der Waals surface area contributed by atoms with Crippen molar-refractivity contribution in [3.05, 3.63) is 33.8 Å². The Morgan fingerprint density at radius 2 is 1.94 bits per heavy atom. The summed E-state index contributed by atoms with van der Waals surface area (Å²) in [4.78, 5) is 0. The van der Waals surface area contributed by atoms with E-state index in [0.29, 0.717) is 6.42 Å². The second-order valence-corrected chi connectivity index (χ2v) is 5.64. The summed E-state index contributed by atoms with van der Waals surface area (Å²) in [6, 6.07) is 2.54. The summed E-state index contributed by atoms with van der Waals surface area (Å²) in [5, 5.41) is 0. The van der Waals surface area contributed by atoms with E-state index in [0.717, 1.165) is 0 Å². The lowest BCUT2D eigenvalue weighted by Gasteiger charge is -2.28. The van der Waals surface area contributed by atoms with E-state index in [1.54, 1.807) is 13.8 Å². The maximum absolute atomic E-state index is 13.9. The first kappa shape index (κ1) is 13.6. The molecule has 1 aromatic rings. The molecule has 0 aromatic heterocycles. The van der Waals surface area contributed by atoms with E-state index in [-0.39, 0.29) is 16.1 Å². The molecule has 0 bridgehead atoms. The van der Waals surface area contributed by atoms with Crippen molar-refractivity contribution in [1.29, 1.82) is 0 Å². The Morgan fingerprint density at radius 1 is 1.38 bits per heavy atom. The second-order valence-electron chi connectivity index (χ2n) is 4.78. The summed E-state index contributed by atoms with van der Waals surface area (Å²) in [6.07, 6.45) is 0.525. The van der Waals surface area contributed by atoms with E-state index in [4.69, 9.17) is 5.73 Å². The predicted octanol–water partition coefficient (Wildman–Crippen LogP) is 3.74. The van der Waals surface area contributed by atoms with Crippen molar-refractivity contribution >= 4 is 15.9 Å². The molecule has 0 radical (unpaired) electrons. The summed E-state index contributed by atoms with van der Waals surface area (Å²) in [6.45, 7) is 5.42. The zero-order chi connectivity index (χ0) is 12.5. The van der Waals surface area contributed by atoms with Crippen LogP contribution in [0.3, 0.4) is 0 Å². The fourth-order valence-corrected chi connectivity index (χ4v) is 2.38. The molecule has 0 heterocycles. The third kappa shape index (κ3) is 2.80. The number of halogens is 3. The van der Waals surface area contributed by atoms with Crippen LogP contribution in [0.1, 0.15) is 32.8 Å². The Bertz CT molecular complexity index is 389. The van der Waals surface area contributed by atoms with E-state index in [9.17, 15) is 8.78 Å². The molecule has 0 spiro atoms. The minimum absolute atomic E-state index is 0.0965. The molecule has 1 aromatic carbocycles. The fraction of sp³-hybridized carbons (Fsp3) is 0.500. The fourth-order valence-electron chi connectivity index (χ4n) is 2.05. The van der Waals surface area contributed by atoms with Crippen molar-refractivity contribution in [2.75, 3.05) is 0 Å². The number of benzene rings is 1. The lowest BCUT2D eigenvalue weighted by molar-refractivity contribution is 0.394. The number of hydrogen-bond donors (Lipinski definition) is 1. The van der Waals surface area contributed by atoms with Gasteiger partial charge in [0.15, 0.2) is 0 Å². The zero-order valence-electron chi connectivity index (χ0n) is 9.65. The Labute approximate surface area is 103 Å². The predicted molar refractivity (Wildman–Crippen MR) is 65.4 cm³/mol. The van der Waals surface area contributed by atoms with Crippen LogP contribution < -0.4 is 5.73 Å². The Balaban J connectivity index is 3.26. The first-order valence-corrected chi connectivity index (χ1v) is 5.94. The van der Waals surface area contributed by atoms with Gasteiger partial charge in [0.2, 0.25) is 0 Å². The third-order valence-electron chi connectivity index (χ3n) is 2.55. The molecule has 0 saturated carbocycles. The summed E-state index contributed by atoms with van der Waals surface area (Å²) in [5.74, 6) is -1.06. The Kier molecular flexibility index (Phi) is 4.07. The van der Waals surface area contributed by atoms with Crippen LogP contribution in [0, 0.1) is 11.6 Å². The van der Waals surface area contributed by atoms with Crippen LogP contribution in [0.15, 0.2) is 16.6 Å². The second kappa shape index (κ2) is 4.80. The molecule has 0 saturated heterocycles. The van der Waals surface area contributed by atoms with Crippen molar-refractivity contribution < 1.29 is 8.78 Å². The van der Waals surface area contributed by atoms with Gasteiger partial charge in [-0.3, -0.25) is 0 Å². The summed E-state index contributed by atoms with van der Waals surface area (Å²) in [5.41, 5.74) is 5.17. The smallest absolute Gasteiger partial charge is 0.144 e. The molecule has 1 nitrogen and oxygen atoms in total. The summed E-state index contributed by atoms with van der Waals surface area (Å²) < 4.78 is 27.8. The van der Waals surface area contributed by atoms with Gasteiger partial charge in [0, 0.05) is 11.6 Å². The van der Waals surface area contributed by atoms with Gasteiger partial charge in [0.05, 0.1) is 4.47 Å². The highest BCUT2D eigenvalue weighted by molar-refractivity contribution is 9.10. The molecule has 90 valence electrons. The molecular formula is C12H16BrF2N. The highest BCUT2D eigenvalue weighted by Crippen LogP contribution is 2.34. The first-order chi connectivity index (χ1) is 7.25. The van der Waals surface area contributed by atoms with Crippen molar-refractivity contribution in [2.24, 2.45) is 5.73 Å². The lowest BCUT2D eigenvalue weighted by Crippen LogP contribution is -2.30. The van der Waals surface area contributed by atoms with Gasteiger partial charge in [-0.1, -0.05) is 13.8 Å². The summed E-state index contributed by atoms with van der Waals surface area (Å²) >= 11 is 3.07. The lowest BCUT2D eigenvalue weighted by atomic mass is 9.79. The van der Waals surface area contributed by atoms with Crippen molar-refractivity contribution in [3.8, 4) is 0 Å². The maximum atomic E-state index is 13.9. The molecule has 1 unspecified atom stereocenters. The van der Waals surface area contributed by atoms with Crippen LogP contribution >= 0.6 is 15.9 Å². The van der Waals surface area contributed by atoms with Gasteiger partial charge in [0.1, 0.15) is 11.6 Å². The van der Waals surface area contributed by atoms with Gasteiger partial charge in [-0.25, -0.2) is 8.78 Å². The van der Waals surface area contributed by atoms with Gasteiger partial charge < -0.3 is 5.73 Å². The minimum atomic E-state index is -0.619. The third-order valence-corrected chi connectivity index (χ3v) is 3.17. The van der Waals surface area contributed by atoms with Gasteiger partial charge in [-0.05, 0) is 46.8 Å². The molecular weight excluding hydrogens is 276 g/mol. The van der Waals surface area contributed by atoms with Crippen molar-refractivity contribution in [1.82, 2.24) is 0 Å². The molecule has 0 aliphatic heterocycles. The van der Waals surface area contributed by atoms with E-state index in [2.05, 4.69) is 15.9 Å². The monoisotopic (exact) mass is 291 g/mol. The molecule has 2 N–H and O–H groups in total. The molecule has 1 rings (SSSR count). The first-order valence-electron chi connectivity index (χ1n) is 5.15. The highest BCUT2D eigenvalue weighted by Gasteiger charge is 2.29. The Morgan fingerprint density at radius 3 is 2.44 bits per heavy atom. The van der Waals surface area contributed by atoms with Gasteiger partial charge in [-0.15, -0.1) is 0 Å². The number of nitrogens with two attached hydrogens (primary N) is 1. The van der Waals surface area contributed by atoms with Crippen molar-refractivity contribution in [2.45, 2.75) is 38.6 Å². The zero-order valence-corrected chi connectivity index (χ0v) is 11.2. The molecule has 4 heteroatoms. The van der Waals surface area contributed by atoms with Crippen LogP contribution in [0.5, 0.6) is 0 Å². The minimum Gasteiger partial charge on any atom is -0.328 e. The molecule has 0 aliphatic rings. The highest BCUT2D eigenvalue weighted by atomic mass is 79.9. The Hall–Kier alpha value is -0.480. The largest absolute Gasteiger partial charge is 0.328 e. The quantitative estimate of drug-likeness (QED) is 0.844. The summed E-state index contributed by atoms with van der Waals surface area (Å²) in [7, 11) is 0. The van der Waals surface area contributed by atoms with Crippen molar-refractivity contribution in [3.63, 3.8) is 0 Å². The number of hydrogen-bond acceptors (Lipinski definition) is 1. The normalized spacial score (nSPS) is 13.9. The molecule has 1 atom stereocenters. The van der Waals surface area contributed by atoms with E-state index in [1.165, 1.54) is 12.1 Å². The standard InChI is InChI=1S/C12H16BrF2N/c1-7(16)6-12(2,3)10-9(14)5-4-8(13)11(10)15/h4-5,7H,6,16H2,1-3H3. The molecule has 0 amide bonds. The van der Waals surface area contributed by atoms with E-state index < -0.39 is 17.0 Å². The van der Waals surface area contributed by atoms with Gasteiger partial charge in [0.25, 0.3) is 0 Å². The van der Waals surface area contributed by atoms with E-state index in [1.807, 2.05) is 6.92 Å². The van der Waals surface area contributed by atoms with E-state index >= 15 is 0 Å².